The first-order chi connectivity index (χ1) is 16.2. The molecule has 2 atom stereocenters. The van der Waals surface area contributed by atoms with Crippen molar-refractivity contribution in [3.8, 4) is 0 Å². The minimum atomic E-state index is -0.517. The van der Waals surface area contributed by atoms with Gasteiger partial charge >= 0.3 is 0 Å². The van der Waals surface area contributed by atoms with E-state index in [2.05, 4.69) is 22.8 Å². The third kappa shape index (κ3) is 8.94. The molecule has 3 rings (SSSR count). The Balaban J connectivity index is 1.58. The van der Waals surface area contributed by atoms with Gasteiger partial charge in [-0.1, -0.05) is 94.5 Å². The van der Waals surface area contributed by atoms with Crippen LogP contribution in [0.25, 0.3) is 0 Å². The summed E-state index contributed by atoms with van der Waals surface area (Å²) >= 11 is 0. The maximum absolute atomic E-state index is 13.2. The Bertz CT molecular complexity index is 724. The average molecular weight is 455 g/mol. The Morgan fingerprint density at radius 3 is 2.06 bits per heavy atom. The summed E-state index contributed by atoms with van der Waals surface area (Å²) in [5, 5.41) is 6.13. The van der Waals surface area contributed by atoms with Crippen LogP contribution in [0.1, 0.15) is 89.0 Å². The molecule has 2 amide bonds. The molecule has 2 aliphatic rings. The summed E-state index contributed by atoms with van der Waals surface area (Å²) in [7, 11) is 0. The maximum Gasteiger partial charge on any atom is 0.242 e. The normalized spacial score (nSPS) is 19.4. The van der Waals surface area contributed by atoms with Crippen LogP contribution in [-0.4, -0.2) is 30.7 Å². The summed E-state index contributed by atoms with van der Waals surface area (Å²) in [5.41, 5.74) is 1.18. The van der Waals surface area contributed by atoms with Gasteiger partial charge < -0.3 is 15.4 Å². The van der Waals surface area contributed by atoms with E-state index in [0.717, 1.165) is 44.8 Å². The van der Waals surface area contributed by atoms with E-state index >= 15 is 0 Å². The fourth-order valence-electron chi connectivity index (χ4n) is 5.63. The molecule has 0 radical (unpaired) electrons. The molecule has 0 spiro atoms. The van der Waals surface area contributed by atoms with Gasteiger partial charge in [0.2, 0.25) is 11.8 Å². The summed E-state index contributed by atoms with van der Waals surface area (Å²) in [5.74, 6) is 0.466. The molecule has 1 aromatic carbocycles. The fraction of sp³-hybridized carbons (Fsp3) is 0.679. The van der Waals surface area contributed by atoms with Crippen molar-refractivity contribution in [3.05, 3.63) is 35.9 Å². The zero-order chi connectivity index (χ0) is 23.3. The van der Waals surface area contributed by atoms with Gasteiger partial charge in [-0.05, 0) is 36.7 Å². The third-order valence-electron chi connectivity index (χ3n) is 7.58. The lowest BCUT2D eigenvalue weighted by atomic mass is 9.81. The summed E-state index contributed by atoms with van der Waals surface area (Å²) < 4.78 is 0. The van der Waals surface area contributed by atoms with Crippen LogP contribution >= 0.6 is 0 Å². The number of nitrogens with one attached hydrogen (secondary N) is 2. The first kappa shape index (κ1) is 25.5. The van der Waals surface area contributed by atoms with Crippen LogP contribution in [-0.2, 0) is 20.8 Å². The molecule has 0 heterocycles. The van der Waals surface area contributed by atoms with Gasteiger partial charge in [0, 0.05) is 18.9 Å². The zero-order valence-electron chi connectivity index (χ0n) is 20.1. The average Bonchev–Trinajstić information content (AvgIpc) is 2.85. The predicted molar refractivity (Wildman–Crippen MR) is 132 cm³/mol. The van der Waals surface area contributed by atoms with Gasteiger partial charge in [-0.25, -0.2) is 0 Å². The summed E-state index contributed by atoms with van der Waals surface area (Å²) in [6, 6.07) is 9.59. The van der Waals surface area contributed by atoms with E-state index in [-0.39, 0.29) is 24.2 Å². The molecule has 0 aromatic heterocycles. The second-order valence-corrected chi connectivity index (χ2v) is 10.2. The fourth-order valence-corrected chi connectivity index (χ4v) is 5.63. The van der Waals surface area contributed by atoms with Crippen LogP contribution in [0.15, 0.2) is 30.3 Å². The Kier molecular flexibility index (Phi) is 10.9. The Morgan fingerprint density at radius 2 is 1.45 bits per heavy atom. The van der Waals surface area contributed by atoms with Crippen molar-refractivity contribution in [2.24, 2.45) is 17.8 Å². The molecule has 2 N–H and O–H groups in total. The van der Waals surface area contributed by atoms with Crippen molar-refractivity contribution >= 4 is 18.1 Å². The van der Waals surface area contributed by atoms with E-state index in [9.17, 15) is 14.4 Å². The van der Waals surface area contributed by atoms with Crippen molar-refractivity contribution in [2.75, 3.05) is 6.54 Å². The van der Waals surface area contributed by atoms with E-state index in [0.29, 0.717) is 24.8 Å². The molecule has 0 bridgehead atoms. The minimum Gasteiger partial charge on any atom is -0.354 e. The number of carbonyl (C=O) groups excluding carboxylic acids is 3. The molecule has 33 heavy (non-hydrogen) atoms. The van der Waals surface area contributed by atoms with Gasteiger partial charge in [-0.3, -0.25) is 9.59 Å². The van der Waals surface area contributed by atoms with E-state index in [4.69, 9.17) is 0 Å². The molecule has 5 heteroatoms. The molecule has 2 fully saturated rings. The van der Waals surface area contributed by atoms with Crippen LogP contribution in [0, 0.1) is 17.8 Å². The highest BCUT2D eigenvalue weighted by Gasteiger charge is 2.30. The highest BCUT2D eigenvalue weighted by molar-refractivity contribution is 5.89. The number of amides is 2. The van der Waals surface area contributed by atoms with Crippen molar-refractivity contribution < 1.29 is 14.4 Å². The number of hydrogen-bond donors (Lipinski definition) is 2. The molecule has 5 nitrogen and oxygen atoms in total. The predicted octanol–water partition coefficient (Wildman–Crippen LogP) is 4.98. The van der Waals surface area contributed by atoms with E-state index in [1.54, 1.807) is 0 Å². The maximum atomic E-state index is 13.2. The highest BCUT2D eigenvalue weighted by atomic mass is 16.2. The van der Waals surface area contributed by atoms with Crippen LogP contribution in [0.5, 0.6) is 0 Å². The minimum absolute atomic E-state index is 0.0904. The van der Waals surface area contributed by atoms with Gasteiger partial charge in [0.25, 0.3) is 0 Å². The number of aldehydes is 1. The van der Waals surface area contributed by atoms with Crippen LogP contribution in [0.3, 0.4) is 0 Å². The van der Waals surface area contributed by atoms with Crippen LogP contribution < -0.4 is 10.6 Å². The Labute approximate surface area is 199 Å². The lowest BCUT2D eigenvalue weighted by Crippen LogP contribution is -2.50. The van der Waals surface area contributed by atoms with Crippen molar-refractivity contribution in [1.82, 2.24) is 10.6 Å². The third-order valence-corrected chi connectivity index (χ3v) is 7.58. The topological polar surface area (TPSA) is 75.3 Å². The number of hydrogen-bond acceptors (Lipinski definition) is 3. The Hall–Kier alpha value is -2.17. The van der Waals surface area contributed by atoms with Gasteiger partial charge in [-0.15, -0.1) is 0 Å². The molecule has 2 aliphatic carbocycles. The molecule has 0 aliphatic heterocycles. The van der Waals surface area contributed by atoms with Crippen molar-refractivity contribution in [1.29, 1.82) is 0 Å². The van der Waals surface area contributed by atoms with Gasteiger partial charge in [-0.2, -0.15) is 0 Å². The first-order valence-corrected chi connectivity index (χ1v) is 13.2. The van der Waals surface area contributed by atoms with Crippen LogP contribution in [0.4, 0.5) is 0 Å². The van der Waals surface area contributed by atoms with Crippen molar-refractivity contribution in [3.63, 3.8) is 0 Å². The highest BCUT2D eigenvalue weighted by Crippen LogP contribution is 2.31. The summed E-state index contributed by atoms with van der Waals surface area (Å²) in [6.07, 6.45) is 15.3. The number of rotatable bonds is 12. The molecular formula is C28H42N2O3. The number of carbonyl (C=O) groups is 3. The smallest absolute Gasteiger partial charge is 0.242 e. The standard InChI is InChI=1S/C28H42N2O3/c31-19-17-25(20-23-12-6-2-7-13-23)27(32)30-26(21-24-14-8-3-9-15-24)28(33)29-18-16-22-10-4-1-5-11-22/h1,4-5,10-11,19,23-26H,2-3,6-9,12-18,20-21H2,(H,29,33)(H,30,32)/t25-,26-/m0/s1. The lowest BCUT2D eigenvalue weighted by Gasteiger charge is -2.29. The molecule has 1 aromatic rings. The summed E-state index contributed by atoms with van der Waals surface area (Å²) in [4.78, 5) is 37.6. The van der Waals surface area contributed by atoms with Gasteiger partial charge in [0.15, 0.2) is 0 Å². The van der Waals surface area contributed by atoms with E-state index < -0.39 is 6.04 Å². The first-order valence-electron chi connectivity index (χ1n) is 13.2. The molecule has 182 valence electrons. The molecule has 0 saturated heterocycles. The summed E-state index contributed by atoms with van der Waals surface area (Å²) in [6.45, 7) is 0.555. The van der Waals surface area contributed by atoms with Crippen LogP contribution in [0.2, 0.25) is 0 Å². The van der Waals surface area contributed by atoms with Gasteiger partial charge in [0.05, 0.1) is 0 Å². The van der Waals surface area contributed by atoms with E-state index in [1.165, 1.54) is 44.1 Å². The molecule has 0 unspecified atom stereocenters. The number of benzene rings is 1. The molecular weight excluding hydrogens is 412 g/mol. The lowest BCUT2D eigenvalue weighted by molar-refractivity contribution is -0.132. The largest absolute Gasteiger partial charge is 0.354 e. The quantitative estimate of drug-likeness (QED) is 0.438. The Morgan fingerprint density at radius 1 is 0.848 bits per heavy atom. The second-order valence-electron chi connectivity index (χ2n) is 10.2. The second kappa shape index (κ2) is 14.2. The van der Waals surface area contributed by atoms with E-state index in [1.807, 2.05) is 18.2 Å². The molecule has 2 saturated carbocycles. The van der Waals surface area contributed by atoms with Crippen molar-refractivity contribution in [2.45, 2.75) is 95.9 Å². The zero-order valence-corrected chi connectivity index (χ0v) is 20.1. The van der Waals surface area contributed by atoms with Gasteiger partial charge in [0.1, 0.15) is 12.3 Å². The monoisotopic (exact) mass is 454 g/mol. The SMILES string of the molecule is O=CC[C@@H](CC1CCCCC1)C(=O)N[C@@H](CC1CCCCC1)C(=O)NCCc1ccccc1.